The van der Waals surface area contributed by atoms with Crippen LogP contribution in [0.1, 0.15) is 12.8 Å². The van der Waals surface area contributed by atoms with Gasteiger partial charge in [-0.1, -0.05) is 0 Å². The average molecular weight is 221 g/mol. The van der Waals surface area contributed by atoms with E-state index in [1.165, 1.54) is 4.31 Å². The quantitative estimate of drug-likeness (QED) is 0.342. The molecule has 0 aliphatic carbocycles. The molecule has 7 heteroatoms. The number of hydrogen-bond donors (Lipinski definition) is 2. The van der Waals surface area contributed by atoms with Gasteiger partial charge in [-0.05, 0) is 12.8 Å². The lowest BCUT2D eigenvalue weighted by atomic mass is 9.99. The number of nitrogens with zero attached hydrogens (tertiary/aromatic N) is 1. The van der Waals surface area contributed by atoms with Crippen molar-refractivity contribution in [3.8, 4) is 0 Å². The smallest absolute Gasteiger partial charge is 0.238 e. The lowest BCUT2D eigenvalue weighted by molar-refractivity contribution is -0.126. The maximum Gasteiger partial charge on any atom is 0.238 e. The zero-order valence-corrected chi connectivity index (χ0v) is 8.88. The van der Waals surface area contributed by atoms with Crippen molar-refractivity contribution in [2.75, 3.05) is 19.3 Å². The van der Waals surface area contributed by atoms with Crippen LogP contribution in [0, 0.1) is 5.92 Å². The minimum Gasteiger partial charge on any atom is -0.294 e. The molecule has 0 aromatic heterocycles. The number of hydrogen-bond acceptors (Lipinski definition) is 4. The van der Waals surface area contributed by atoms with E-state index in [2.05, 4.69) is 0 Å². The Morgan fingerprint density at radius 3 is 2.71 bits per heavy atom. The standard InChI is InChI=1S/C7H15N3O3S/c1-14(12,13)10-4-2-3-6(5-10)7(11)9-8/h6H,2-5,8H2,1H3,(H,9,11). The zero-order chi connectivity index (χ0) is 10.8. The van der Waals surface area contributed by atoms with Crippen LogP contribution < -0.4 is 11.3 Å². The molecule has 1 fully saturated rings. The van der Waals surface area contributed by atoms with Gasteiger partial charge in [0.2, 0.25) is 15.9 Å². The highest BCUT2D eigenvalue weighted by atomic mass is 32.2. The Kier molecular flexibility index (Phi) is 3.46. The fraction of sp³-hybridized carbons (Fsp3) is 0.857. The molecule has 1 atom stereocenters. The minimum atomic E-state index is -3.19. The second-order valence-corrected chi connectivity index (χ2v) is 5.45. The molecule has 0 saturated carbocycles. The fourth-order valence-electron chi connectivity index (χ4n) is 1.58. The van der Waals surface area contributed by atoms with E-state index in [0.29, 0.717) is 19.4 Å². The molecule has 0 aromatic rings. The largest absolute Gasteiger partial charge is 0.294 e. The van der Waals surface area contributed by atoms with Crippen LogP contribution in [-0.2, 0) is 14.8 Å². The van der Waals surface area contributed by atoms with Crippen LogP contribution in [0.2, 0.25) is 0 Å². The second-order valence-electron chi connectivity index (χ2n) is 3.47. The van der Waals surface area contributed by atoms with E-state index >= 15 is 0 Å². The molecule has 0 bridgehead atoms. The van der Waals surface area contributed by atoms with Gasteiger partial charge in [-0.15, -0.1) is 0 Å². The summed E-state index contributed by atoms with van der Waals surface area (Å²) < 4.78 is 23.7. The lowest BCUT2D eigenvalue weighted by Gasteiger charge is -2.29. The zero-order valence-electron chi connectivity index (χ0n) is 8.06. The number of nitrogens with one attached hydrogen (secondary N) is 1. The fourth-order valence-corrected chi connectivity index (χ4v) is 2.49. The average Bonchev–Trinajstić information content (AvgIpc) is 2.15. The molecule has 14 heavy (non-hydrogen) atoms. The second kappa shape index (κ2) is 4.24. The third-order valence-corrected chi connectivity index (χ3v) is 3.64. The number of hydrazine groups is 1. The highest BCUT2D eigenvalue weighted by Crippen LogP contribution is 2.18. The summed E-state index contributed by atoms with van der Waals surface area (Å²) in [5.41, 5.74) is 2.05. The van der Waals surface area contributed by atoms with Gasteiger partial charge in [-0.3, -0.25) is 10.2 Å². The number of rotatable bonds is 2. The van der Waals surface area contributed by atoms with Gasteiger partial charge in [0.15, 0.2) is 0 Å². The van der Waals surface area contributed by atoms with Crippen LogP contribution in [0.4, 0.5) is 0 Å². The third kappa shape index (κ3) is 2.66. The summed E-state index contributed by atoms with van der Waals surface area (Å²) >= 11 is 0. The summed E-state index contributed by atoms with van der Waals surface area (Å²) in [5, 5.41) is 0. The molecule has 1 amide bonds. The predicted octanol–water partition coefficient (Wildman–Crippen LogP) is -1.35. The monoisotopic (exact) mass is 221 g/mol. The third-order valence-electron chi connectivity index (χ3n) is 2.37. The van der Waals surface area contributed by atoms with Crippen LogP contribution in [0.15, 0.2) is 0 Å². The van der Waals surface area contributed by atoms with Gasteiger partial charge in [-0.25, -0.2) is 18.6 Å². The van der Waals surface area contributed by atoms with Crippen molar-refractivity contribution in [3.05, 3.63) is 0 Å². The Hall–Kier alpha value is -0.660. The number of carbonyl (C=O) groups excluding carboxylic acids is 1. The molecule has 6 nitrogen and oxygen atoms in total. The Morgan fingerprint density at radius 2 is 2.21 bits per heavy atom. The van der Waals surface area contributed by atoms with E-state index < -0.39 is 10.0 Å². The van der Waals surface area contributed by atoms with Crippen LogP contribution in [-0.4, -0.2) is 38.0 Å². The van der Waals surface area contributed by atoms with Gasteiger partial charge >= 0.3 is 0 Å². The van der Waals surface area contributed by atoms with E-state index in [4.69, 9.17) is 5.84 Å². The first-order valence-corrected chi connectivity index (χ1v) is 6.25. The summed E-state index contributed by atoms with van der Waals surface area (Å²) in [7, 11) is -3.19. The maximum absolute atomic E-state index is 11.2. The number of sulfonamides is 1. The van der Waals surface area contributed by atoms with Crippen molar-refractivity contribution in [3.63, 3.8) is 0 Å². The molecule has 82 valence electrons. The molecule has 1 aliphatic heterocycles. The van der Waals surface area contributed by atoms with Gasteiger partial charge in [0.25, 0.3) is 0 Å². The van der Waals surface area contributed by atoms with Gasteiger partial charge in [0, 0.05) is 13.1 Å². The Balaban J connectivity index is 2.65. The highest BCUT2D eigenvalue weighted by Gasteiger charge is 2.29. The Bertz CT molecular complexity index is 314. The topological polar surface area (TPSA) is 92.5 Å². The first kappa shape index (κ1) is 11.4. The van der Waals surface area contributed by atoms with Gasteiger partial charge in [-0.2, -0.15) is 0 Å². The van der Waals surface area contributed by atoms with Crippen molar-refractivity contribution in [1.82, 2.24) is 9.73 Å². The van der Waals surface area contributed by atoms with Crippen molar-refractivity contribution >= 4 is 15.9 Å². The molecule has 0 spiro atoms. The maximum atomic E-state index is 11.2. The van der Waals surface area contributed by atoms with Crippen molar-refractivity contribution in [1.29, 1.82) is 0 Å². The SMILES string of the molecule is CS(=O)(=O)N1CCCC(C(=O)NN)C1. The number of piperidine rings is 1. The van der Waals surface area contributed by atoms with E-state index in [0.717, 1.165) is 6.26 Å². The summed E-state index contributed by atoms with van der Waals surface area (Å²) in [4.78, 5) is 11.2. The van der Waals surface area contributed by atoms with Crippen LogP contribution >= 0.6 is 0 Å². The first-order chi connectivity index (χ1) is 6.45. The molecule has 3 N–H and O–H groups in total. The summed E-state index contributed by atoms with van der Waals surface area (Å²) in [6.45, 7) is 0.731. The molecule has 1 aliphatic rings. The minimum absolute atomic E-state index is 0.238. The van der Waals surface area contributed by atoms with Crippen LogP contribution in [0.25, 0.3) is 0 Å². The van der Waals surface area contributed by atoms with E-state index in [1.807, 2.05) is 5.43 Å². The number of nitrogens with two attached hydrogens (primary N) is 1. The molecule has 1 unspecified atom stereocenters. The van der Waals surface area contributed by atoms with Gasteiger partial charge in [0.05, 0.1) is 12.2 Å². The van der Waals surface area contributed by atoms with Crippen molar-refractivity contribution in [2.45, 2.75) is 12.8 Å². The Morgan fingerprint density at radius 1 is 1.57 bits per heavy atom. The molecule has 1 saturated heterocycles. The van der Waals surface area contributed by atoms with Crippen LogP contribution in [0.3, 0.4) is 0 Å². The lowest BCUT2D eigenvalue weighted by Crippen LogP contribution is -2.46. The molecule has 0 aromatic carbocycles. The molecular weight excluding hydrogens is 206 g/mol. The normalized spacial score (nSPS) is 24.6. The van der Waals surface area contributed by atoms with Gasteiger partial charge in [0.1, 0.15) is 0 Å². The summed E-state index contributed by atoms with van der Waals surface area (Å²) in [5.74, 6) is 4.38. The predicted molar refractivity (Wildman–Crippen MR) is 51.5 cm³/mol. The molecule has 1 rings (SSSR count). The highest BCUT2D eigenvalue weighted by molar-refractivity contribution is 7.88. The summed E-state index contributed by atoms with van der Waals surface area (Å²) in [6.07, 6.45) is 2.54. The van der Waals surface area contributed by atoms with Crippen LogP contribution in [0.5, 0.6) is 0 Å². The first-order valence-electron chi connectivity index (χ1n) is 4.40. The number of amides is 1. The van der Waals surface area contributed by atoms with E-state index in [-0.39, 0.29) is 18.4 Å². The van der Waals surface area contributed by atoms with Crippen molar-refractivity contribution < 1.29 is 13.2 Å². The molecular formula is C7H15N3O3S. The molecule has 0 radical (unpaired) electrons. The number of carbonyl (C=O) groups is 1. The molecule has 1 heterocycles. The summed E-state index contributed by atoms with van der Waals surface area (Å²) in [6, 6.07) is 0. The van der Waals surface area contributed by atoms with Crippen molar-refractivity contribution in [2.24, 2.45) is 11.8 Å². The van der Waals surface area contributed by atoms with E-state index in [9.17, 15) is 13.2 Å². The van der Waals surface area contributed by atoms with Gasteiger partial charge < -0.3 is 0 Å². The van der Waals surface area contributed by atoms with E-state index in [1.54, 1.807) is 0 Å². The Labute approximate surface area is 83.5 Å².